The topological polar surface area (TPSA) is 30.4 Å². The summed E-state index contributed by atoms with van der Waals surface area (Å²) in [5.41, 5.74) is 5.54. The molecule has 0 saturated carbocycles. The molecule has 4 aromatic heterocycles. The van der Waals surface area contributed by atoms with Crippen molar-refractivity contribution in [1.29, 1.82) is 0 Å². The molecule has 0 aliphatic heterocycles. The molecule has 3 aromatic carbocycles. The molecule has 0 radical (unpaired) electrons. The lowest BCUT2D eigenvalue weighted by Gasteiger charge is -2.12. The second-order valence-corrected chi connectivity index (χ2v) is 6.86. The SMILES string of the molecule is c1ccc2c(c1)c1ccc3c4ccoc4cc4c5ncccc5n2c1c34. The molecule has 0 N–H and O–H groups in total. The van der Waals surface area contributed by atoms with E-state index in [4.69, 9.17) is 9.40 Å². The van der Waals surface area contributed by atoms with Crippen molar-refractivity contribution in [3.8, 4) is 0 Å². The highest BCUT2D eigenvalue weighted by Crippen LogP contribution is 2.43. The number of hydrogen-bond acceptors (Lipinski definition) is 2. The minimum Gasteiger partial charge on any atom is -0.464 e. The van der Waals surface area contributed by atoms with Gasteiger partial charge in [0.05, 0.1) is 28.3 Å². The van der Waals surface area contributed by atoms with Crippen LogP contribution in [-0.4, -0.2) is 9.38 Å². The number of fused-ring (bicyclic) bond motifs is 8. The van der Waals surface area contributed by atoms with Crippen molar-refractivity contribution in [3.63, 3.8) is 0 Å². The van der Waals surface area contributed by atoms with Crippen molar-refractivity contribution in [1.82, 2.24) is 9.38 Å². The number of pyridine rings is 2. The third-order valence-corrected chi connectivity index (χ3v) is 5.65. The molecule has 0 bridgehead atoms. The predicted octanol–water partition coefficient (Wildman–Crippen LogP) is 6.13. The van der Waals surface area contributed by atoms with Gasteiger partial charge in [-0.25, -0.2) is 0 Å². The Morgan fingerprint density at radius 1 is 0.731 bits per heavy atom. The van der Waals surface area contributed by atoms with E-state index in [0.717, 1.165) is 27.4 Å². The lowest BCUT2D eigenvalue weighted by atomic mass is 9.98. The summed E-state index contributed by atoms with van der Waals surface area (Å²) in [4.78, 5) is 4.75. The van der Waals surface area contributed by atoms with Gasteiger partial charge in [0.15, 0.2) is 0 Å². The van der Waals surface area contributed by atoms with Crippen LogP contribution in [0.2, 0.25) is 0 Å². The zero-order valence-electron chi connectivity index (χ0n) is 13.7. The fourth-order valence-corrected chi connectivity index (χ4v) is 4.63. The van der Waals surface area contributed by atoms with Gasteiger partial charge in [-0.15, -0.1) is 0 Å². The van der Waals surface area contributed by atoms with Crippen LogP contribution >= 0.6 is 0 Å². The van der Waals surface area contributed by atoms with Crippen LogP contribution in [0.25, 0.3) is 60.0 Å². The molecule has 0 aliphatic carbocycles. The average Bonchev–Trinajstić information content (AvgIpc) is 3.30. The van der Waals surface area contributed by atoms with Gasteiger partial charge in [0.1, 0.15) is 5.58 Å². The van der Waals surface area contributed by atoms with Gasteiger partial charge in [0.2, 0.25) is 0 Å². The molecule has 4 heterocycles. The van der Waals surface area contributed by atoms with E-state index < -0.39 is 0 Å². The van der Waals surface area contributed by atoms with Gasteiger partial charge in [-0.1, -0.05) is 30.3 Å². The van der Waals surface area contributed by atoms with Gasteiger partial charge >= 0.3 is 0 Å². The number of furan rings is 1. The maximum atomic E-state index is 5.74. The van der Waals surface area contributed by atoms with Crippen LogP contribution in [0.15, 0.2) is 77.5 Å². The summed E-state index contributed by atoms with van der Waals surface area (Å²) >= 11 is 0. The van der Waals surface area contributed by atoms with Crippen molar-refractivity contribution in [2.24, 2.45) is 0 Å². The Hall–Kier alpha value is -3.59. The molecular weight excluding hydrogens is 320 g/mol. The maximum Gasteiger partial charge on any atom is 0.135 e. The summed E-state index contributed by atoms with van der Waals surface area (Å²) < 4.78 is 8.11. The highest BCUT2D eigenvalue weighted by molar-refractivity contribution is 6.32. The first kappa shape index (κ1) is 12.7. The zero-order valence-corrected chi connectivity index (χ0v) is 13.7. The Morgan fingerprint density at radius 3 is 2.62 bits per heavy atom. The number of hydrogen-bond donors (Lipinski definition) is 0. The molecule has 0 spiro atoms. The van der Waals surface area contributed by atoms with Gasteiger partial charge < -0.3 is 8.82 Å². The summed E-state index contributed by atoms with van der Waals surface area (Å²) in [5, 5.41) is 7.35. The molecule has 7 rings (SSSR count). The van der Waals surface area contributed by atoms with Crippen molar-refractivity contribution in [2.45, 2.75) is 0 Å². The van der Waals surface area contributed by atoms with E-state index in [9.17, 15) is 0 Å². The second kappa shape index (κ2) is 4.14. The molecule has 0 saturated heterocycles. The van der Waals surface area contributed by atoms with Crippen LogP contribution in [-0.2, 0) is 0 Å². The monoisotopic (exact) mass is 332 g/mol. The molecular formula is C23H12N2O. The molecule has 7 aromatic rings. The van der Waals surface area contributed by atoms with E-state index in [1.807, 2.05) is 12.3 Å². The minimum atomic E-state index is 0.910. The van der Waals surface area contributed by atoms with Crippen molar-refractivity contribution < 1.29 is 4.42 Å². The van der Waals surface area contributed by atoms with Crippen molar-refractivity contribution in [2.75, 3.05) is 0 Å². The van der Waals surface area contributed by atoms with Crippen molar-refractivity contribution in [3.05, 3.63) is 73.1 Å². The van der Waals surface area contributed by atoms with Gasteiger partial charge in [0.25, 0.3) is 0 Å². The quantitative estimate of drug-likeness (QED) is 0.247. The van der Waals surface area contributed by atoms with Gasteiger partial charge in [-0.2, -0.15) is 0 Å². The molecule has 0 amide bonds. The van der Waals surface area contributed by atoms with E-state index in [2.05, 4.69) is 59.0 Å². The average molecular weight is 332 g/mol. The molecule has 0 unspecified atom stereocenters. The summed E-state index contributed by atoms with van der Waals surface area (Å²) in [6, 6.07) is 21.4. The second-order valence-electron chi connectivity index (χ2n) is 6.86. The molecule has 120 valence electrons. The first-order valence-electron chi connectivity index (χ1n) is 8.74. The summed E-state index contributed by atoms with van der Waals surface area (Å²) in [6.07, 6.45) is 3.64. The Labute approximate surface area is 147 Å². The first-order chi connectivity index (χ1) is 12.9. The van der Waals surface area contributed by atoms with Crippen LogP contribution in [0.5, 0.6) is 0 Å². The smallest absolute Gasteiger partial charge is 0.135 e. The fraction of sp³-hybridized carbons (Fsp3) is 0. The van der Waals surface area contributed by atoms with Gasteiger partial charge in [-0.3, -0.25) is 4.98 Å². The number of para-hydroxylation sites is 1. The van der Waals surface area contributed by atoms with Crippen LogP contribution in [0, 0.1) is 0 Å². The molecule has 3 nitrogen and oxygen atoms in total. The van der Waals surface area contributed by atoms with E-state index >= 15 is 0 Å². The van der Waals surface area contributed by atoms with Crippen LogP contribution < -0.4 is 0 Å². The molecule has 0 fully saturated rings. The highest BCUT2D eigenvalue weighted by atomic mass is 16.3. The number of nitrogens with zero attached hydrogens (tertiary/aromatic N) is 2. The first-order valence-corrected chi connectivity index (χ1v) is 8.74. The number of aromatic nitrogens is 2. The molecule has 0 atom stereocenters. The normalized spacial score (nSPS) is 12.6. The third-order valence-electron chi connectivity index (χ3n) is 5.65. The standard InChI is InChI=1S/C23H12N2O/c1-2-5-18-13(4-1)16-8-7-15-14-9-11-26-20(14)12-17-21(15)23(16)25(18)19-6-3-10-24-22(17)19/h1-12H. The number of rotatable bonds is 0. The minimum absolute atomic E-state index is 0.910. The third kappa shape index (κ3) is 1.28. The van der Waals surface area contributed by atoms with Crippen LogP contribution in [0.3, 0.4) is 0 Å². The Kier molecular flexibility index (Phi) is 2.03. The fourth-order valence-electron chi connectivity index (χ4n) is 4.63. The van der Waals surface area contributed by atoms with E-state index in [1.165, 1.54) is 32.6 Å². The van der Waals surface area contributed by atoms with E-state index in [1.54, 1.807) is 6.26 Å². The molecule has 0 aliphatic rings. The van der Waals surface area contributed by atoms with Crippen LogP contribution in [0.4, 0.5) is 0 Å². The van der Waals surface area contributed by atoms with Gasteiger partial charge in [-0.05, 0) is 35.7 Å². The largest absolute Gasteiger partial charge is 0.464 e. The number of benzene rings is 3. The van der Waals surface area contributed by atoms with E-state index in [0.29, 0.717) is 0 Å². The van der Waals surface area contributed by atoms with Crippen molar-refractivity contribution >= 4 is 60.0 Å². The highest BCUT2D eigenvalue weighted by Gasteiger charge is 2.20. The zero-order chi connectivity index (χ0) is 16.8. The molecule has 3 heteroatoms. The summed E-state index contributed by atoms with van der Waals surface area (Å²) in [5.74, 6) is 0. The maximum absolute atomic E-state index is 5.74. The lowest BCUT2D eigenvalue weighted by molar-refractivity contribution is 0.616. The Balaban J connectivity index is 2.01. The Bertz CT molecular complexity index is 1630. The Morgan fingerprint density at radius 2 is 1.62 bits per heavy atom. The summed E-state index contributed by atoms with van der Waals surface area (Å²) in [7, 11) is 0. The van der Waals surface area contributed by atoms with Crippen LogP contribution in [0.1, 0.15) is 0 Å². The van der Waals surface area contributed by atoms with Gasteiger partial charge in [0, 0.05) is 33.1 Å². The molecule has 26 heavy (non-hydrogen) atoms. The summed E-state index contributed by atoms with van der Waals surface area (Å²) in [6.45, 7) is 0. The lowest BCUT2D eigenvalue weighted by Crippen LogP contribution is -1.94. The predicted molar refractivity (Wildman–Crippen MR) is 106 cm³/mol. The van der Waals surface area contributed by atoms with E-state index in [-0.39, 0.29) is 0 Å².